The number of halogens is 2. The van der Waals surface area contributed by atoms with Gasteiger partial charge in [0.2, 0.25) is 0 Å². The summed E-state index contributed by atoms with van der Waals surface area (Å²) in [5, 5.41) is 10.8. The molecule has 0 aliphatic heterocycles. The van der Waals surface area contributed by atoms with Crippen molar-refractivity contribution >= 4 is 27.5 Å². The summed E-state index contributed by atoms with van der Waals surface area (Å²) in [7, 11) is 0. The first-order valence-corrected chi connectivity index (χ1v) is 6.30. The maximum absolute atomic E-state index is 10.2. The third kappa shape index (κ3) is 2.86. The van der Waals surface area contributed by atoms with Gasteiger partial charge in [-0.1, -0.05) is 23.7 Å². The van der Waals surface area contributed by atoms with Gasteiger partial charge < -0.3 is 5.11 Å². The summed E-state index contributed by atoms with van der Waals surface area (Å²) in [5.41, 5.74) is 2.34. The standard InChI is InChI=1S/C13H11BrClNO/c1-8-2-3-9(6-11(8)15)13(17)12-5-4-10(14)7-16-12/h2-7,13,17H,1H3. The Hall–Kier alpha value is -0.900. The molecule has 88 valence electrons. The number of aryl methyl sites for hydroxylation is 1. The number of aromatic nitrogens is 1. The second kappa shape index (κ2) is 5.17. The number of pyridine rings is 1. The zero-order valence-corrected chi connectivity index (χ0v) is 11.5. The van der Waals surface area contributed by atoms with Gasteiger partial charge in [-0.15, -0.1) is 0 Å². The topological polar surface area (TPSA) is 33.1 Å². The number of aliphatic hydroxyl groups excluding tert-OH is 1. The van der Waals surface area contributed by atoms with Gasteiger partial charge in [0, 0.05) is 15.7 Å². The lowest BCUT2D eigenvalue weighted by Gasteiger charge is -2.11. The Morgan fingerprint density at radius 3 is 2.65 bits per heavy atom. The van der Waals surface area contributed by atoms with Crippen molar-refractivity contribution in [1.29, 1.82) is 0 Å². The molecule has 0 bridgehead atoms. The van der Waals surface area contributed by atoms with E-state index in [9.17, 15) is 5.11 Å². The van der Waals surface area contributed by atoms with Gasteiger partial charge in [-0.25, -0.2) is 0 Å². The lowest BCUT2D eigenvalue weighted by Crippen LogP contribution is -2.02. The zero-order chi connectivity index (χ0) is 12.4. The van der Waals surface area contributed by atoms with Crippen molar-refractivity contribution in [3.05, 3.63) is 62.8 Å². The smallest absolute Gasteiger partial charge is 0.121 e. The van der Waals surface area contributed by atoms with Crippen LogP contribution in [-0.2, 0) is 0 Å². The molecule has 1 N–H and O–H groups in total. The molecule has 0 fully saturated rings. The van der Waals surface area contributed by atoms with Gasteiger partial charge in [-0.3, -0.25) is 4.98 Å². The first-order valence-electron chi connectivity index (χ1n) is 5.13. The lowest BCUT2D eigenvalue weighted by molar-refractivity contribution is 0.215. The van der Waals surface area contributed by atoms with Crippen LogP contribution in [0.15, 0.2) is 41.0 Å². The largest absolute Gasteiger partial charge is 0.382 e. The van der Waals surface area contributed by atoms with E-state index < -0.39 is 6.10 Å². The van der Waals surface area contributed by atoms with E-state index in [0.29, 0.717) is 10.7 Å². The molecule has 0 aliphatic carbocycles. The van der Waals surface area contributed by atoms with Gasteiger partial charge in [-0.05, 0) is 52.2 Å². The van der Waals surface area contributed by atoms with E-state index in [1.54, 1.807) is 18.3 Å². The van der Waals surface area contributed by atoms with Gasteiger partial charge in [0.25, 0.3) is 0 Å². The third-order valence-electron chi connectivity index (χ3n) is 2.54. The summed E-state index contributed by atoms with van der Waals surface area (Å²) >= 11 is 9.34. The minimum atomic E-state index is -0.749. The van der Waals surface area contributed by atoms with E-state index in [-0.39, 0.29) is 0 Å². The predicted molar refractivity (Wildman–Crippen MR) is 72.2 cm³/mol. The van der Waals surface area contributed by atoms with Crippen molar-refractivity contribution in [2.75, 3.05) is 0 Å². The number of hydrogen-bond donors (Lipinski definition) is 1. The molecule has 1 aromatic heterocycles. The second-order valence-electron chi connectivity index (χ2n) is 3.81. The maximum atomic E-state index is 10.2. The van der Waals surface area contributed by atoms with Gasteiger partial charge in [0.05, 0.1) is 5.69 Å². The van der Waals surface area contributed by atoms with Crippen LogP contribution in [0.4, 0.5) is 0 Å². The molecule has 0 saturated heterocycles. The van der Waals surface area contributed by atoms with Crippen LogP contribution < -0.4 is 0 Å². The van der Waals surface area contributed by atoms with Crippen molar-refractivity contribution in [1.82, 2.24) is 4.98 Å². The summed E-state index contributed by atoms with van der Waals surface area (Å²) in [6.45, 7) is 1.93. The van der Waals surface area contributed by atoms with Crippen molar-refractivity contribution in [3.8, 4) is 0 Å². The molecule has 2 aromatic rings. The summed E-state index contributed by atoms with van der Waals surface area (Å²) in [6.07, 6.45) is 0.912. The molecule has 0 saturated carbocycles. The van der Waals surface area contributed by atoms with E-state index in [1.165, 1.54) is 0 Å². The minimum Gasteiger partial charge on any atom is -0.382 e. The highest BCUT2D eigenvalue weighted by Gasteiger charge is 2.12. The van der Waals surface area contributed by atoms with Crippen molar-refractivity contribution in [2.45, 2.75) is 13.0 Å². The van der Waals surface area contributed by atoms with E-state index in [4.69, 9.17) is 11.6 Å². The molecule has 1 unspecified atom stereocenters. The Bertz CT molecular complexity index is 527. The second-order valence-corrected chi connectivity index (χ2v) is 5.14. The fourth-order valence-electron chi connectivity index (χ4n) is 1.50. The Labute approximate surface area is 113 Å². The Morgan fingerprint density at radius 1 is 1.29 bits per heavy atom. The Balaban J connectivity index is 2.33. The fraction of sp³-hybridized carbons (Fsp3) is 0.154. The van der Waals surface area contributed by atoms with Crippen LogP contribution in [0, 0.1) is 6.92 Å². The molecule has 17 heavy (non-hydrogen) atoms. The molecule has 1 atom stereocenters. The molecular weight excluding hydrogens is 302 g/mol. The molecule has 0 radical (unpaired) electrons. The number of hydrogen-bond acceptors (Lipinski definition) is 2. The predicted octanol–water partition coefficient (Wildman–Crippen LogP) is 3.89. The molecule has 2 rings (SSSR count). The van der Waals surface area contributed by atoms with Gasteiger partial charge in [0.1, 0.15) is 6.10 Å². The van der Waals surface area contributed by atoms with Gasteiger partial charge >= 0.3 is 0 Å². The summed E-state index contributed by atoms with van der Waals surface area (Å²) in [6, 6.07) is 9.14. The molecule has 1 aromatic carbocycles. The van der Waals surface area contributed by atoms with E-state index in [2.05, 4.69) is 20.9 Å². The molecular formula is C13H11BrClNO. The molecule has 2 nitrogen and oxygen atoms in total. The molecule has 1 heterocycles. The quantitative estimate of drug-likeness (QED) is 0.912. The normalized spacial score (nSPS) is 12.5. The van der Waals surface area contributed by atoms with Crippen LogP contribution in [0.5, 0.6) is 0 Å². The molecule has 0 aliphatic rings. The monoisotopic (exact) mass is 311 g/mol. The number of nitrogens with zero attached hydrogens (tertiary/aromatic N) is 1. The van der Waals surface area contributed by atoms with Crippen LogP contribution in [-0.4, -0.2) is 10.1 Å². The van der Waals surface area contributed by atoms with Gasteiger partial charge in [0.15, 0.2) is 0 Å². The van der Waals surface area contributed by atoms with Crippen molar-refractivity contribution in [3.63, 3.8) is 0 Å². The number of benzene rings is 1. The Kier molecular flexibility index (Phi) is 3.82. The molecule has 0 spiro atoms. The average molecular weight is 313 g/mol. The minimum absolute atomic E-state index is 0.605. The summed E-state index contributed by atoms with van der Waals surface area (Å²) in [4.78, 5) is 4.17. The lowest BCUT2D eigenvalue weighted by atomic mass is 10.0. The van der Waals surface area contributed by atoms with Crippen LogP contribution >= 0.6 is 27.5 Å². The summed E-state index contributed by atoms with van der Waals surface area (Å²) in [5.74, 6) is 0. The fourth-order valence-corrected chi connectivity index (χ4v) is 1.92. The Morgan fingerprint density at radius 2 is 2.06 bits per heavy atom. The van der Waals surface area contributed by atoms with Gasteiger partial charge in [-0.2, -0.15) is 0 Å². The zero-order valence-electron chi connectivity index (χ0n) is 9.19. The number of rotatable bonds is 2. The van der Waals surface area contributed by atoms with Crippen LogP contribution in [0.2, 0.25) is 5.02 Å². The third-order valence-corrected chi connectivity index (χ3v) is 3.42. The highest BCUT2D eigenvalue weighted by atomic mass is 79.9. The maximum Gasteiger partial charge on any atom is 0.121 e. The van der Waals surface area contributed by atoms with Crippen LogP contribution in [0.25, 0.3) is 0 Å². The van der Waals surface area contributed by atoms with E-state index in [0.717, 1.165) is 15.6 Å². The number of aliphatic hydroxyl groups is 1. The molecule has 4 heteroatoms. The van der Waals surface area contributed by atoms with E-state index in [1.807, 2.05) is 25.1 Å². The van der Waals surface area contributed by atoms with Crippen LogP contribution in [0.1, 0.15) is 22.9 Å². The highest BCUT2D eigenvalue weighted by Crippen LogP contribution is 2.25. The SMILES string of the molecule is Cc1ccc(C(O)c2ccc(Br)cn2)cc1Cl. The highest BCUT2D eigenvalue weighted by molar-refractivity contribution is 9.10. The first-order chi connectivity index (χ1) is 8.08. The van der Waals surface area contributed by atoms with Crippen molar-refractivity contribution in [2.24, 2.45) is 0 Å². The summed E-state index contributed by atoms with van der Waals surface area (Å²) < 4.78 is 0.885. The van der Waals surface area contributed by atoms with E-state index >= 15 is 0 Å². The first kappa shape index (κ1) is 12.6. The van der Waals surface area contributed by atoms with Crippen molar-refractivity contribution < 1.29 is 5.11 Å². The average Bonchev–Trinajstić information content (AvgIpc) is 2.33. The molecule has 0 amide bonds. The van der Waals surface area contributed by atoms with Crippen LogP contribution in [0.3, 0.4) is 0 Å².